The van der Waals surface area contributed by atoms with Crippen molar-refractivity contribution in [1.29, 1.82) is 0 Å². The molecule has 1 aliphatic heterocycles. The second kappa shape index (κ2) is 7.46. The molecule has 1 heterocycles. The normalized spacial score (nSPS) is 15.6. The minimum absolute atomic E-state index is 0.0278. The fourth-order valence-electron chi connectivity index (χ4n) is 2.87. The van der Waals surface area contributed by atoms with E-state index in [4.69, 9.17) is 0 Å². The van der Waals surface area contributed by atoms with Crippen LogP contribution in [0.3, 0.4) is 0 Å². The monoisotopic (exact) mass is 289 g/mol. The first-order chi connectivity index (χ1) is 10.2. The summed E-state index contributed by atoms with van der Waals surface area (Å²) < 4.78 is 0. The van der Waals surface area contributed by atoms with Gasteiger partial charge in [-0.05, 0) is 30.7 Å². The van der Waals surface area contributed by atoms with Crippen LogP contribution in [0.4, 0.5) is 10.5 Å². The number of rotatable bonds is 7. The van der Waals surface area contributed by atoms with Crippen LogP contribution in [0.1, 0.15) is 56.2 Å². The van der Waals surface area contributed by atoms with Crippen LogP contribution in [0.5, 0.6) is 0 Å². The number of fused-ring (bicyclic) bond motifs is 1. The van der Waals surface area contributed by atoms with Crippen LogP contribution < -0.4 is 10.6 Å². The van der Waals surface area contributed by atoms with Gasteiger partial charge in [0, 0.05) is 25.3 Å². The number of unbranched alkanes of at least 4 members (excludes halogenated alkanes) is 3. The predicted molar refractivity (Wildman–Crippen MR) is 87.5 cm³/mol. The molecule has 4 nitrogen and oxygen atoms in total. The maximum atomic E-state index is 11.6. The summed E-state index contributed by atoms with van der Waals surface area (Å²) in [4.78, 5) is 13.3. The Hall–Kier alpha value is -1.55. The third-order valence-corrected chi connectivity index (χ3v) is 4.22. The molecule has 0 spiro atoms. The highest BCUT2D eigenvalue weighted by Crippen LogP contribution is 2.28. The summed E-state index contributed by atoms with van der Waals surface area (Å²) in [7, 11) is 3.85. The maximum absolute atomic E-state index is 11.6. The van der Waals surface area contributed by atoms with Crippen molar-refractivity contribution >= 4 is 11.7 Å². The molecule has 0 aliphatic carbocycles. The van der Waals surface area contributed by atoms with Crippen molar-refractivity contribution in [2.75, 3.05) is 19.4 Å². The SMILES string of the molecule is CCCCCCC(NC)c1ccc2c(c1)CN(C)C(=O)N2. The summed E-state index contributed by atoms with van der Waals surface area (Å²) in [6, 6.07) is 6.76. The molecule has 1 unspecified atom stereocenters. The third-order valence-electron chi connectivity index (χ3n) is 4.22. The zero-order valence-corrected chi connectivity index (χ0v) is 13.4. The van der Waals surface area contributed by atoms with Crippen LogP contribution in [0.15, 0.2) is 18.2 Å². The number of hydrogen-bond acceptors (Lipinski definition) is 2. The lowest BCUT2D eigenvalue weighted by Crippen LogP contribution is -2.35. The van der Waals surface area contributed by atoms with Crippen LogP contribution in [0.25, 0.3) is 0 Å². The van der Waals surface area contributed by atoms with E-state index in [2.05, 4.69) is 29.7 Å². The Morgan fingerprint density at radius 3 is 2.86 bits per heavy atom. The molecule has 0 radical (unpaired) electrons. The topological polar surface area (TPSA) is 44.4 Å². The van der Waals surface area contributed by atoms with Gasteiger partial charge in [0.25, 0.3) is 0 Å². The van der Waals surface area contributed by atoms with E-state index in [-0.39, 0.29) is 6.03 Å². The van der Waals surface area contributed by atoms with Gasteiger partial charge in [0.05, 0.1) is 0 Å². The van der Waals surface area contributed by atoms with Gasteiger partial charge in [0.1, 0.15) is 0 Å². The zero-order chi connectivity index (χ0) is 15.2. The average Bonchev–Trinajstić information content (AvgIpc) is 2.48. The van der Waals surface area contributed by atoms with Crippen molar-refractivity contribution in [3.63, 3.8) is 0 Å². The molecule has 1 aromatic carbocycles. The Balaban J connectivity index is 2.05. The number of hydrogen-bond donors (Lipinski definition) is 2. The van der Waals surface area contributed by atoms with Gasteiger partial charge in [-0.15, -0.1) is 0 Å². The molecule has 2 rings (SSSR count). The van der Waals surface area contributed by atoms with Crippen LogP contribution >= 0.6 is 0 Å². The number of nitrogens with one attached hydrogen (secondary N) is 2. The van der Waals surface area contributed by atoms with Crippen LogP contribution in [-0.4, -0.2) is 25.0 Å². The molecule has 1 atom stereocenters. The van der Waals surface area contributed by atoms with Crippen molar-refractivity contribution in [1.82, 2.24) is 10.2 Å². The quantitative estimate of drug-likeness (QED) is 0.748. The lowest BCUT2D eigenvalue weighted by Gasteiger charge is -2.27. The van der Waals surface area contributed by atoms with Crippen molar-refractivity contribution < 1.29 is 4.79 Å². The highest BCUT2D eigenvalue weighted by molar-refractivity contribution is 5.92. The van der Waals surface area contributed by atoms with E-state index in [0.29, 0.717) is 12.6 Å². The number of amides is 2. The Bertz CT molecular complexity index is 487. The summed E-state index contributed by atoms with van der Waals surface area (Å²) in [5.74, 6) is 0. The van der Waals surface area contributed by atoms with Crippen molar-refractivity contribution in [2.45, 2.75) is 51.6 Å². The Kier molecular flexibility index (Phi) is 5.62. The first-order valence-electron chi connectivity index (χ1n) is 7.98. The summed E-state index contributed by atoms with van der Waals surface area (Å²) >= 11 is 0. The predicted octanol–water partition coefficient (Wildman–Crippen LogP) is 3.89. The van der Waals surface area contributed by atoms with E-state index < -0.39 is 0 Å². The summed E-state index contributed by atoms with van der Waals surface area (Å²) in [5, 5.41) is 6.34. The lowest BCUT2D eigenvalue weighted by molar-refractivity contribution is 0.218. The fraction of sp³-hybridized carbons (Fsp3) is 0.588. The van der Waals surface area contributed by atoms with E-state index >= 15 is 0 Å². The molecule has 0 aromatic heterocycles. The Morgan fingerprint density at radius 2 is 2.14 bits per heavy atom. The van der Waals surface area contributed by atoms with E-state index in [1.165, 1.54) is 36.8 Å². The molecule has 2 N–H and O–H groups in total. The average molecular weight is 289 g/mol. The van der Waals surface area contributed by atoms with Gasteiger partial charge in [-0.3, -0.25) is 0 Å². The minimum Gasteiger partial charge on any atom is -0.323 e. The first kappa shape index (κ1) is 15.8. The van der Waals surface area contributed by atoms with Gasteiger partial charge >= 0.3 is 6.03 Å². The standard InChI is InChI=1S/C17H27N3O/c1-4-5-6-7-8-15(18-2)13-9-10-16-14(11-13)12-20(3)17(21)19-16/h9-11,15,18H,4-8,12H2,1-3H3,(H,19,21). The lowest BCUT2D eigenvalue weighted by atomic mass is 9.97. The van der Waals surface area contributed by atoms with Gasteiger partial charge in [-0.25, -0.2) is 4.79 Å². The Morgan fingerprint density at radius 1 is 1.33 bits per heavy atom. The number of anilines is 1. The largest absolute Gasteiger partial charge is 0.323 e. The molecule has 2 amide bonds. The number of carbonyl (C=O) groups excluding carboxylic acids is 1. The molecule has 0 saturated heterocycles. The highest BCUT2D eigenvalue weighted by Gasteiger charge is 2.20. The van der Waals surface area contributed by atoms with Gasteiger partial charge in [-0.2, -0.15) is 0 Å². The molecular formula is C17H27N3O. The van der Waals surface area contributed by atoms with E-state index in [0.717, 1.165) is 12.1 Å². The smallest absolute Gasteiger partial charge is 0.321 e. The zero-order valence-electron chi connectivity index (χ0n) is 13.4. The van der Waals surface area contributed by atoms with Gasteiger partial charge in [0.2, 0.25) is 0 Å². The Labute approximate surface area is 127 Å². The molecule has 0 saturated carbocycles. The second-order valence-electron chi connectivity index (χ2n) is 5.89. The molecule has 116 valence electrons. The number of benzene rings is 1. The van der Waals surface area contributed by atoms with E-state index in [9.17, 15) is 4.79 Å². The van der Waals surface area contributed by atoms with E-state index in [1.54, 1.807) is 4.90 Å². The van der Waals surface area contributed by atoms with Crippen LogP contribution in [0.2, 0.25) is 0 Å². The second-order valence-corrected chi connectivity index (χ2v) is 5.89. The molecule has 1 aromatic rings. The minimum atomic E-state index is -0.0278. The maximum Gasteiger partial charge on any atom is 0.321 e. The molecule has 0 fully saturated rings. The van der Waals surface area contributed by atoms with Crippen LogP contribution in [-0.2, 0) is 6.54 Å². The van der Waals surface area contributed by atoms with Crippen LogP contribution in [0, 0.1) is 0 Å². The molecule has 21 heavy (non-hydrogen) atoms. The summed E-state index contributed by atoms with van der Waals surface area (Å²) in [6.45, 7) is 2.92. The number of carbonyl (C=O) groups is 1. The van der Waals surface area contributed by atoms with Gasteiger partial charge in [-0.1, -0.05) is 44.7 Å². The van der Waals surface area contributed by atoms with E-state index in [1.807, 2.05) is 20.2 Å². The van der Waals surface area contributed by atoms with Crippen molar-refractivity contribution in [2.24, 2.45) is 0 Å². The highest BCUT2D eigenvalue weighted by atomic mass is 16.2. The van der Waals surface area contributed by atoms with Gasteiger partial charge < -0.3 is 15.5 Å². The number of nitrogens with zero attached hydrogens (tertiary/aromatic N) is 1. The first-order valence-corrected chi connectivity index (χ1v) is 7.98. The van der Waals surface area contributed by atoms with Crippen molar-refractivity contribution in [3.8, 4) is 0 Å². The molecule has 1 aliphatic rings. The third kappa shape index (κ3) is 3.97. The fourth-order valence-corrected chi connectivity index (χ4v) is 2.87. The summed E-state index contributed by atoms with van der Waals surface area (Å²) in [5.41, 5.74) is 3.46. The van der Waals surface area contributed by atoms with Gasteiger partial charge in [0.15, 0.2) is 0 Å². The summed E-state index contributed by atoms with van der Waals surface area (Å²) in [6.07, 6.45) is 6.31. The molecular weight excluding hydrogens is 262 g/mol. The van der Waals surface area contributed by atoms with Crippen molar-refractivity contribution in [3.05, 3.63) is 29.3 Å². The molecule has 0 bridgehead atoms. The molecule has 4 heteroatoms. The number of urea groups is 1.